The molecule has 1 N–H and O–H groups in total. The molecule has 1 aromatic rings. The summed E-state index contributed by atoms with van der Waals surface area (Å²) in [6, 6.07) is 3.66. The number of ether oxygens (including phenoxy) is 1. The average molecular weight is 275 g/mol. The lowest BCUT2D eigenvalue weighted by molar-refractivity contribution is -0.117. The molecule has 1 saturated carbocycles. The van der Waals surface area contributed by atoms with Gasteiger partial charge in [-0.2, -0.15) is 4.98 Å². The van der Waals surface area contributed by atoms with Crippen LogP contribution in [0.3, 0.4) is 0 Å². The van der Waals surface area contributed by atoms with Gasteiger partial charge in [0.1, 0.15) is 0 Å². The van der Waals surface area contributed by atoms with E-state index in [1.807, 2.05) is 6.07 Å². The van der Waals surface area contributed by atoms with Crippen LogP contribution in [-0.2, 0) is 4.79 Å². The zero-order chi connectivity index (χ0) is 14.2. The van der Waals surface area contributed by atoms with Crippen molar-refractivity contribution in [1.82, 2.24) is 4.98 Å². The van der Waals surface area contributed by atoms with Gasteiger partial charge in [-0.3, -0.25) is 4.79 Å². The first kappa shape index (κ1) is 13.2. The van der Waals surface area contributed by atoms with Gasteiger partial charge in [-0.15, -0.1) is 0 Å². The first-order chi connectivity index (χ1) is 9.64. The van der Waals surface area contributed by atoms with Crippen molar-refractivity contribution in [1.29, 1.82) is 0 Å². The second-order valence-electron chi connectivity index (χ2n) is 5.79. The third-order valence-electron chi connectivity index (χ3n) is 4.64. The van der Waals surface area contributed by atoms with Crippen LogP contribution in [0.25, 0.3) is 0 Å². The monoisotopic (exact) mass is 275 g/mol. The van der Waals surface area contributed by atoms with Gasteiger partial charge in [0.2, 0.25) is 11.8 Å². The fourth-order valence-corrected chi connectivity index (χ4v) is 3.46. The Morgan fingerprint density at radius 2 is 2.05 bits per heavy atom. The molecule has 1 spiro atoms. The number of carbonyl (C=O) groups is 1. The molecule has 1 aliphatic carbocycles. The number of amides is 1. The Labute approximate surface area is 119 Å². The molecule has 20 heavy (non-hydrogen) atoms. The van der Waals surface area contributed by atoms with E-state index in [1.54, 1.807) is 13.2 Å². The fraction of sp³-hybridized carbons (Fsp3) is 0.600. The number of fused-ring (bicyclic) bond motifs is 1. The molecule has 1 fully saturated rings. The van der Waals surface area contributed by atoms with Gasteiger partial charge in [0.05, 0.1) is 24.8 Å². The summed E-state index contributed by atoms with van der Waals surface area (Å²) in [5.74, 6) is 1.49. The van der Waals surface area contributed by atoms with E-state index in [4.69, 9.17) is 4.74 Å². The van der Waals surface area contributed by atoms with Gasteiger partial charge in [0, 0.05) is 13.1 Å². The van der Waals surface area contributed by atoms with Crippen LogP contribution >= 0.6 is 0 Å². The van der Waals surface area contributed by atoms with Crippen molar-refractivity contribution in [2.45, 2.75) is 44.1 Å². The van der Waals surface area contributed by atoms with Crippen molar-refractivity contribution in [3.8, 4) is 5.88 Å². The summed E-state index contributed by atoms with van der Waals surface area (Å²) in [7, 11) is 3.66. The van der Waals surface area contributed by atoms with Crippen molar-refractivity contribution in [3.05, 3.63) is 12.1 Å². The van der Waals surface area contributed by atoms with Gasteiger partial charge < -0.3 is 15.0 Å². The number of nitrogens with one attached hydrogen (secondary N) is 1. The molecule has 0 unspecified atom stereocenters. The van der Waals surface area contributed by atoms with Crippen molar-refractivity contribution in [2.24, 2.45) is 0 Å². The minimum absolute atomic E-state index is 0.0875. The lowest BCUT2D eigenvalue weighted by atomic mass is 9.78. The van der Waals surface area contributed by atoms with E-state index in [9.17, 15) is 4.79 Å². The highest BCUT2D eigenvalue weighted by Crippen LogP contribution is 2.42. The Bertz CT molecular complexity index is 524. The van der Waals surface area contributed by atoms with Crippen LogP contribution in [0.4, 0.5) is 11.5 Å². The van der Waals surface area contributed by atoms with Gasteiger partial charge in [-0.1, -0.05) is 19.3 Å². The number of hydrogen-bond donors (Lipinski definition) is 1. The zero-order valence-electron chi connectivity index (χ0n) is 12.1. The molecule has 0 bridgehead atoms. The van der Waals surface area contributed by atoms with Crippen molar-refractivity contribution in [2.75, 3.05) is 24.4 Å². The topological polar surface area (TPSA) is 54.5 Å². The predicted molar refractivity (Wildman–Crippen MR) is 78.3 cm³/mol. The molecule has 1 aliphatic heterocycles. The number of aromatic nitrogens is 1. The van der Waals surface area contributed by atoms with Crippen molar-refractivity contribution < 1.29 is 9.53 Å². The number of carbonyl (C=O) groups excluding carboxylic acids is 1. The molecule has 0 saturated heterocycles. The number of hydrogen-bond acceptors (Lipinski definition) is 4. The van der Waals surface area contributed by atoms with E-state index in [0.29, 0.717) is 12.3 Å². The first-order valence-corrected chi connectivity index (χ1v) is 7.23. The van der Waals surface area contributed by atoms with Crippen LogP contribution in [0.15, 0.2) is 12.1 Å². The van der Waals surface area contributed by atoms with Crippen LogP contribution in [0, 0.1) is 0 Å². The smallest absolute Gasteiger partial charge is 0.226 e. The second kappa shape index (κ2) is 4.96. The Morgan fingerprint density at radius 1 is 1.30 bits per heavy atom. The van der Waals surface area contributed by atoms with Gasteiger partial charge in [-0.05, 0) is 18.9 Å². The molecule has 1 amide bonds. The minimum Gasteiger partial charge on any atom is -0.481 e. The highest BCUT2D eigenvalue weighted by atomic mass is 16.5. The Hall–Kier alpha value is -1.78. The van der Waals surface area contributed by atoms with E-state index in [2.05, 4.69) is 22.2 Å². The van der Waals surface area contributed by atoms with Crippen LogP contribution < -0.4 is 15.0 Å². The normalized spacial score (nSPS) is 21.1. The Balaban J connectivity index is 2.06. The third kappa shape index (κ3) is 2.11. The summed E-state index contributed by atoms with van der Waals surface area (Å²) in [6.45, 7) is 0. The largest absolute Gasteiger partial charge is 0.481 e. The maximum absolute atomic E-state index is 12.2. The zero-order valence-corrected chi connectivity index (χ0v) is 12.1. The standard InChI is InChI=1S/C15H21N3O2/c1-18-14-11(6-7-13(17-14)20-2)16-12(19)10-15(18)8-4-3-5-9-15/h6-7H,3-5,8-10H2,1-2H3,(H,16,19). The molecule has 2 aliphatic rings. The molecule has 2 heterocycles. The predicted octanol–water partition coefficient (Wildman–Crippen LogP) is 2.57. The van der Waals surface area contributed by atoms with Crippen molar-refractivity contribution >= 4 is 17.4 Å². The van der Waals surface area contributed by atoms with Crippen LogP contribution in [0.5, 0.6) is 5.88 Å². The van der Waals surface area contributed by atoms with E-state index < -0.39 is 0 Å². The van der Waals surface area contributed by atoms with Crippen LogP contribution in [0.1, 0.15) is 38.5 Å². The summed E-state index contributed by atoms with van der Waals surface area (Å²) < 4.78 is 5.22. The second-order valence-corrected chi connectivity index (χ2v) is 5.79. The first-order valence-electron chi connectivity index (χ1n) is 7.23. The third-order valence-corrected chi connectivity index (χ3v) is 4.64. The quantitative estimate of drug-likeness (QED) is 0.856. The lowest BCUT2D eigenvalue weighted by Crippen LogP contribution is -2.49. The summed E-state index contributed by atoms with van der Waals surface area (Å²) in [4.78, 5) is 19.0. The van der Waals surface area contributed by atoms with E-state index in [-0.39, 0.29) is 11.4 Å². The molecular formula is C15H21N3O2. The molecule has 0 atom stereocenters. The number of nitrogens with zero attached hydrogens (tertiary/aromatic N) is 2. The van der Waals surface area contributed by atoms with E-state index in [0.717, 1.165) is 24.3 Å². The summed E-state index contributed by atoms with van der Waals surface area (Å²) in [6.07, 6.45) is 6.26. The SMILES string of the molecule is COc1ccc2c(n1)N(C)C1(CCCCC1)CC(=O)N2. The van der Waals surface area contributed by atoms with E-state index in [1.165, 1.54) is 19.3 Å². The van der Waals surface area contributed by atoms with Crippen LogP contribution in [0.2, 0.25) is 0 Å². The molecule has 5 nitrogen and oxygen atoms in total. The average Bonchev–Trinajstić information content (AvgIpc) is 2.56. The number of rotatable bonds is 1. The highest BCUT2D eigenvalue weighted by Gasteiger charge is 2.41. The summed E-state index contributed by atoms with van der Waals surface area (Å²) in [5.41, 5.74) is 0.688. The maximum atomic E-state index is 12.2. The van der Waals surface area contributed by atoms with Crippen LogP contribution in [-0.4, -0.2) is 30.6 Å². The van der Waals surface area contributed by atoms with Crippen molar-refractivity contribution in [3.63, 3.8) is 0 Å². The maximum Gasteiger partial charge on any atom is 0.226 e. The number of anilines is 2. The Kier molecular flexibility index (Phi) is 3.28. The molecular weight excluding hydrogens is 254 g/mol. The number of pyridine rings is 1. The van der Waals surface area contributed by atoms with Gasteiger partial charge in [0.25, 0.3) is 0 Å². The van der Waals surface area contributed by atoms with E-state index >= 15 is 0 Å². The summed E-state index contributed by atoms with van der Waals surface area (Å²) >= 11 is 0. The number of methoxy groups -OCH3 is 1. The summed E-state index contributed by atoms with van der Waals surface area (Å²) in [5, 5.41) is 2.98. The highest BCUT2D eigenvalue weighted by molar-refractivity contribution is 5.96. The Morgan fingerprint density at radius 3 is 2.75 bits per heavy atom. The fourth-order valence-electron chi connectivity index (χ4n) is 3.46. The molecule has 0 radical (unpaired) electrons. The molecule has 1 aromatic heterocycles. The minimum atomic E-state index is -0.0903. The molecule has 5 heteroatoms. The van der Waals surface area contributed by atoms with Gasteiger partial charge >= 0.3 is 0 Å². The molecule has 108 valence electrons. The lowest BCUT2D eigenvalue weighted by Gasteiger charge is -2.43. The molecule has 3 rings (SSSR count). The van der Waals surface area contributed by atoms with Gasteiger partial charge in [-0.25, -0.2) is 0 Å². The van der Waals surface area contributed by atoms with Gasteiger partial charge in [0.15, 0.2) is 5.82 Å². The molecule has 0 aromatic carbocycles.